The zero-order chi connectivity index (χ0) is 32.2. The number of aryl methyl sites for hydroxylation is 1. The molecule has 0 saturated carbocycles. The number of rotatable bonds is 11. The van der Waals surface area contributed by atoms with Crippen LogP contribution >= 0.6 is 11.3 Å². The van der Waals surface area contributed by atoms with Gasteiger partial charge in [0.2, 0.25) is 5.91 Å². The van der Waals surface area contributed by atoms with Gasteiger partial charge in [-0.05, 0) is 69.0 Å². The highest BCUT2D eigenvalue weighted by Gasteiger charge is 2.18. The predicted octanol–water partition coefficient (Wildman–Crippen LogP) is 6.55. The van der Waals surface area contributed by atoms with Crippen LogP contribution in [0.1, 0.15) is 43.7 Å². The Morgan fingerprint density at radius 2 is 1.87 bits per heavy atom. The van der Waals surface area contributed by atoms with Crippen LogP contribution in [0.3, 0.4) is 0 Å². The zero-order valence-electron chi connectivity index (χ0n) is 26.5. The van der Waals surface area contributed by atoms with Gasteiger partial charge in [0.15, 0.2) is 0 Å². The Hall–Kier alpha value is -4.67. The van der Waals surface area contributed by atoms with E-state index in [0.29, 0.717) is 41.6 Å². The third-order valence-electron chi connectivity index (χ3n) is 8.01. The van der Waals surface area contributed by atoms with Crippen molar-refractivity contribution < 1.29 is 14.3 Å². The summed E-state index contributed by atoms with van der Waals surface area (Å²) in [5.74, 6) is 0.533. The third-order valence-corrected chi connectivity index (χ3v) is 9.04. The molecule has 234 valence electrons. The molecule has 45 heavy (non-hydrogen) atoms. The lowest BCUT2D eigenvalue weighted by Gasteiger charge is -2.30. The number of nitrogens with one attached hydrogen (secondary N) is 2. The fourth-order valence-corrected chi connectivity index (χ4v) is 6.80. The van der Waals surface area contributed by atoms with E-state index in [1.807, 2.05) is 65.5 Å². The smallest absolute Gasteiger partial charge is 0.272 e. The van der Waals surface area contributed by atoms with Crippen LogP contribution in [-0.2, 0) is 11.8 Å². The highest BCUT2D eigenvalue weighted by Crippen LogP contribution is 2.41. The molecule has 2 amide bonds. The van der Waals surface area contributed by atoms with Gasteiger partial charge in [0.05, 0.1) is 12.8 Å². The van der Waals surface area contributed by atoms with Crippen molar-refractivity contribution in [3.8, 4) is 16.9 Å². The first-order valence-corrected chi connectivity index (χ1v) is 15.9. The van der Waals surface area contributed by atoms with Crippen LogP contribution in [0.4, 0.5) is 11.5 Å². The van der Waals surface area contributed by atoms with E-state index in [1.165, 1.54) is 17.4 Å². The number of para-hydroxylation sites is 1. The van der Waals surface area contributed by atoms with Crippen molar-refractivity contribution in [2.45, 2.75) is 39.8 Å². The van der Waals surface area contributed by atoms with Gasteiger partial charge in [0.1, 0.15) is 17.3 Å². The number of methoxy groups -OCH3 is 1. The zero-order valence-corrected chi connectivity index (χ0v) is 27.4. The number of pyridine rings is 1. The molecule has 0 saturated heterocycles. The van der Waals surface area contributed by atoms with Gasteiger partial charge in [-0.25, -0.2) is 4.98 Å². The summed E-state index contributed by atoms with van der Waals surface area (Å²) in [4.78, 5) is 32.6. The SMILES string of the molecule is COc1cc(-c2csc3c(C=CC(=O)NCCN(C(C)C)C(C)C)cnc(N)c23)ccc1NC(=O)c1cc2ccccc2n1C. The van der Waals surface area contributed by atoms with Crippen LogP contribution in [0.2, 0.25) is 0 Å². The number of fused-ring (bicyclic) bond motifs is 2. The second kappa shape index (κ2) is 13.5. The van der Waals surface area contributed by atoms with Gasteiger partial charge in [-0.2, -0.15) is 0 Å². The van der Waals surface area contributed by atoms with Gasteiger partial charge in [0.25, 0.3) is 5.91 Å². The van der Waals surface area contributed by atoms with Gasteiger partial charge in [-0.15, -0.1) is 11.3 Å². The fourth-order valence-electron chi connectivity index (χ4n) is 5.72. The van der Waals surface area contributed by atoms with Crippen molar-refractivity contribution in [3.05, 3.63) is 77.4 Å². The number of hydrogen-bond donors (Lipinski definition) is 3. The number of thiophene rings is 1. The Morgan fingerprint density at radius 1 is 1.11 bits per heavy atom. The maximum atomic E-state index is 13.2. The first-order chi connectivity index (χ1) is 21.6. The normalized spacial score (nSPS) is 11.8. The molecule has 0 fully saturated rings. The van der Waals surface area contributed by atoms with E-state index in [-0.39, 0.29) is 11.8 Å². The van der Waals surface area contributed by atoms with Gasteiger partial charge in [0, 0.05) is 76.6 Å². The van der Waals surface area contributed by atoms with E-state index in [4.69, 9.17) is 10.5 Å². The predicted molar refractivity (Wildman–Crippen MR) is 186 cm³/mol. The Balaban J connectivity index is 1.35. The molecule has 0 aliphatic carbocycles. The van der Waals surface area contributed by atoms with Crippen molar-refractivity contribution in [2.24, 2.45) is 7.05 Å². The molecular formula is C35H40N6O3S. The number of amides is 2. The highest BCUT2D eigenvalue weighted by atomic mass is 32.1. The summed E-state index contributed by atoms with van der Waals surface area (Å²) in [6.45, 7) is 9.99. The van der Waals surface area contributed by atoms with Crippen molar-refractivity contribution in [1.82, 2.24) is 19.8 Å². The third kappa shape index (κ3) is 6.72. The van der Waals surface area contributed by atoms with Crippen LogP contribution in [0.5, 0.6) is 5.75 Å². The number of nitrogens with zero attached hydrogens (tertiary/aromatic N) is 3. The first-order valence-electron chi connectivity index (χ1n) is 15.0. The van der Waals surface area contributed by atoms with Crippen LogP contribution in [0, 0.1) is 0 Å². The molecule has 10 heteroatoms. The molecule has 0 aliphatic heterocycles. The van der Waals surface area contributed by atoms with E-state index in [1.54, 1.807) is 19.4 Å². The van der Waals surface area contributed by atoms with E-state index >= 15 is 0 Å². The molecule has 5 rings (SSSR count). The van der Waals surface area contributed by atoms with Gasteiger partial charge in [-0.3, -0.25) is 14.5 Å². The van der Waals surface area contributed by atoms with Gasteiger partial charge in [-0.1, -0.05) is 24.3 Å². The van der Waals surface area contributed by atoms with Crippen LogP contribution in [0.15, 0.2) is 66.2 Å². The van der Waals surface area contributed by atoms with Crippen molar-refractivity contribution in [3.63, 3.8) is 0 Å². The molecule has 5 aromatic rings. The molecule has 9 nitrogen and oxygen atoms in total. The topological polar surface area (TPSA) is 115 Å². The summed E-state index contributed by atoms with van der Waals surface area (Å²) in [6.07, 6.45) is 5.00. The molecule has 0 radical (unpaired) electrons. The fraction of sp³-hybridized carbons (Fsp3) is 0.286. The number of hydrogen-bond acceptors (Lipinski definition) is 7. The highest BCUT2D eigenvalue weighted by molar-refractivity contribution is 7.18. The number of nitrogen functional groups attached to an aromatic ring is 1. The summed E-state index contributed by atoms with van der Waals surface area (Å²) >= 11 is 1.54. The van der Waals surface area contributed by atoms with Crippen molar-refractivity contribution >= 4 is 61.7 Å². The Morgan fingerprint density at radius 3 is 2.58 bits per heavy atom. The maximum Gasteiger partial charge on any atom is 0.272 e. The Kier molecular flexibility index (Phi) is 9.55. The second-order valence-corrected chi connectivity index (χ2v) is 12.4. The summed E-state index contributed by atoms with van der Waals surface area (Å²) in [7, 11) is 3.45. The lowest BCUT2D eigenvalue weighted by molar-refractivity contribution is -0.116. The number of carbonyl (C=O) groups is 2. The Labute approximate surface area is 267 Å². The molecular weight excluding hydrogens is 584 g/mol. The molecule has 0 unspecified atom stereocenters. The van der Waals surface area contributed by atoms with E-state index in [9.17, 15) is 9.59 Å². The molecule has 0 atom stereocenters. The molecule has 0 bridgehead atoms. The number of ether oxygens (including phenoxy) is 1. The van der Waals surface area contributed by atoms with Crippen molar-refractivity contribution in [2.75, 3.05) is 31.2 Å². The Bertz CT molecular complexity index is 1880. The minimum absolute atomic E-state index is 0.157. The van der Waals surface area contributed by atoms with E-state index in [0.717, 1.165) is 44.2 Å². The average Bonchev–Trinajstić information content (AvgIpc) is 3.61. The molecule has 3 heterocycles. The standard InChI is InChI=1S/C35H40N6O3S/c1-21(2)41(22(3)4)16-15-37-31(42)14-12-25-19-38-34(36)32-26(20-45-33(25)32)23-11-13-27(30(18-23)44-6)39-35(43)29-17-24-9-7-8-10-28(24)40(29)5/h7-14,17-22H,15-16H2,1-6H3,(H2,36,38)(H,37,42)(H,39,43). The van der Waals surface area contributed by atoms with Crippen LogP contribution < -0.4 is 21.1 Å². The van der Waals surface area contributed by atoms with E-state index in [2.05, 4.69) is 48.2 Å². The van der Waals surface area contributed by atoms with Crippen LogP contribution in [-0.4, -0.2) is 58.5 Å². The lowest BCUT2D eigenvalue weighted by atomic mass is 10.0. The maximum absolute atomic E-state index is 13.2. The monoisotopic (exact) mass is 624 g/mol. The number of anilines is 2. The molecule has 4 N–H and O–H groups in total. The molecule has 2 aromatic carbocycles. The summed E-state index contributed by atoms with van der Waals surface area (Å²) < 4.78 is 8.50. The number of nitrogens with two attached hydrogens (primary N) is 1. The quantitative estimate of drug-likeness (QED) is 0.144. The van der Waals surface area contributed by atoms with E-state index < -0.39 is 0 Å². The van der Waals surface area contributed by atoms with Gasteiger partial charge < -0.3 is 25.7 Å². The largest absolute Gasteiger partial charge is 0.495 e. The molecule has 3 aromatic heterocycles. The molecule has 0 spiro atoms. The second-order valence-electron chi connectivity index (χ2n) is 11.5. The summed E-state index contributed by atoms with van der Waals surface area (Å²) in [6, 6.07) is 16.2. The molecule has 0 aliphatic rings. The van der Waals surface area contributed by atoms with Crippen LogP contribution in [0.25, 0.3) is 38.2 Å². The minimum atomic E-state index is -0.230. The lowest BCUT2D eigenvalue weighted by Crippen LogP contribution is -2.42. The number of carbonyl (C=O) groups excluding carboxylic acids is 2. The number of benzene rings is 2. The summed E-state index contributed by atoms with van der Waals surface area (Å²) in [5, 5.41) is 9.81. The van der Waals surface area contributed by atoms with Crippen molar-refractivity contribution in [1.29, 1.82) is 0 Å². The summed E-state index contributed by atoms with van der Waals surface area (Å²) in [5.41, 5.74) is 11.0. The number of aromatic nitrogens is 2. The average molecular weight is 625 g/mol. The first kappa shape index (κ1) is 31.7. The van der Waals surface area contributed by atoms with Gasteiger partial charge >= 0.3 is 0 Å². The minimum Gasteiger partial charge on any atom is -0.495 e.